The molecule has 3 aromatic carbocycles. The zero-order valence-electron chi connectivity index (χ0n) is 15.6. The number of carbonyl (C=O) groups excluding carboxylic acids is 2. The first-order valence-electron chi connectivity index (χ1n) is 8.82. The van der Waals surface area contributed by atoms with Crippen molar-refractivity contribution in [1.82, 2.24) is 10.9 Å². The minimum Gasteiger partial charge on any atom is -0.484 e. The number of hydrogen-bond acceptors (Lipinski definition) is 4. The largest absolute Gasteiger partial charge is 0.484 e. The van der Waals surface area contributed by atoms with E-state index >= 15 is 0 Å². The molecular formula is C22H19BrN2O4. The Labute approximate surface area is 176 Å². The van der Waals surface area contributed by atoms with E-state index in [2.05, 4.69) is 26.8 Å². The van der Waals surface area contributed by atoms with Crippen LogP contribution in [0.3, 0.4) is 0 Å². The van der Waals surface area contributed by atoms with Gasteiger partial charge in [-0.3, -0.25) is 20.4 Å². The van der Waals surface area contributed by atoms with Crippen molar-refractivity contribution in [1.29, 1.82) is 0 Å². The molecule has 0 bridgehead atoms. The third-order valence-electron chi connectivity index (χ3n) is 3.88. The maximum atomic E-state index is 12.0. The van der Waals surface area contributed by atoms with Crippen LogP contribution in [0.4, 0.5) is 0 Å². The van der Waals surface area contributed by atoms with Crippen molar-refractivity contribution >= 4 is 27.7 Å². The number of amides is 2. The average molecular weight is 455 g/mol. The predicted octanol–water partition coefficient (Wildman–Crippen LogP) is 4.39. The summed E-state index contributed by atoms with van der Waals surface area (Å²) in [6.07, 6.45) is 0. The van der Waals surface area contributed by atoms with E-state index in [1.807, 2.05) is 31.2 Å². The van der Waals surface area contributed by atoms with Crippen molar-refractivity contribution in [3.05, 3.63) is 88.4 Å². The van der Waals surface area contributed by atoms with E-state index in [0.717, 1.165) is 11.3 Å². The molecule has 0 aromatic heterocycles. The molecule has 7 heteroatoms. The zero-order chi connectivity index (χ0) is 20.6. The van der Waals surface area contributed by atoms with Crippen LogP contribution in [0.1, 0.15) is 15.9 Å². The van der Waals surface area contributed by atoms with Crippen LogP contribution < -0.4 is 20.3 Å². The minimum absolute atomic E-state index is 0.242. The molecule has 0 radical (unpaired) electrons. The van der Waals surface area contributed by atoms with Gasteiger partial charge in [-0.1, -0.05) is 29.8 Å². The van der Waals surface area contributed by atoms with E-state index in [1.54, 1.807) is 48.5 Å². The number of hydrogen-bond donors (Lipinski definition) is 2. The number of aryl methyl sites for hydroxylation is 1. The van der Waals surface area contributed by atoms with Gasteiger partial charge in [0.25, 0.3) is 11.8 Å². The van der Waals surface area contributed by atoms with Gasteiger partial charge in [-0.2, -0.15) is 0 Å². The number of carbonyl (C=O) groups is 2. The molecule has 0 spiro atoms. The molecule has 0 heterocycles. The maximum absolute atomic E-state index is 12.0. The van der Waals surface area contributed by atoms with Gasteiger partial charge in [-0.25, -0.2) is 0 Å². The smallest absolute Gasteiger partial charge is 0.276 e. The lowest BCUT2D eigenvalue weighted by Crippen LogP contribution is -2.43. The number of ether oxygens (including phenoxy) is 2. The molecule has 0 unspecified atom stereocenters. The quantitative estimate of drug-likeness (QED) is 0.541. The summed E-state index contributed by atoms with van der Waals surface area (Å²) >= 11 is 3.29. The Bertz CT molecular complexity index is 988. The molecule has 0 atom stereocenters. The summed E-state index contributed by atoms with van der Waals surface area (Å²) in [5, 5.41) is 0. The number of hydrazine groups is 1. The lowest BCUT2D eigenvalue weighted by Gasteiger charge is -2.10. The lowest BCUT2D eigenvalue weighted by molar-refractivity contribution is -0.123. The minimum atomic E-state index is -0.481. The molecule has 0 saturated heterocycles. The van der Waals surface area contributed by atoms with Crippen LogP contribution >= 0.6 is 15.9 Å². The Kier molecular flexibility index (Phi) is 6.86. The standard InChI is InChI=1S/C22H19BrN2O4/c1-15-6-8-17(9-7-15)29-18-12-10-16(11-13-18)28-14-21(26)24-25-22(27)19-4-2-3-5-20(19)23/h2-13H,14H2,1H3,(H,24,26)(H,25,27). The highest BCUT2D eigenvalue weighted by atomic mass is 79.9. The molecule has 2 N–H and O–H groups in total. The molecular weight excluding hydrogens is 436 g/mol. The van der Waals surface area contributed by atoms with Crippen molar-refractivity contribution < 1.29 is 19.1 Å². The summed E-state index contributed by atoms with van der Waals surface area (Å²) in [6, 6.07) is 21.6. The lowest BCUT2D eigenvalue weighted by atomic mass is 10.2. The molecule has 0 aliphatic rings. The Balaban J connectivity index is 1.44. The molecule has 148 valence electrons. The van der Waals surface area contributed by atoms with Crippen molar-refractivity contribution in [2.45, 2.75) is 6.92 Å². The number of halogens is 1. The van der Waals surface area contributed by atoms with Crippen molar-refractivity contribution in [3.63, 3.8) is 0 Å². The second kappa shape index (κ2) is 9.75. The molecule has 0 aliphatic heterocycles. The predicted molar refractivity (Wildman–Crippen MR) is 113 cm³/mol. The SMILES string of the molecule is Cc1ccc(Oc2ccc(OCC(=O)NNC(=O)c3ccccc3Br)cc2)cc1. The number of rotatable bonds is 6. The van der Waals surface area contributed by atoms with Crippen molar-refractivity contribution in [2.24, 2.45) is 0 Å². The van der Waals surface area contributed by atoms with Gasteiger partial charge in [-0.05, 0) is 71.4 Å². The monoisotopic (exact) mass is 454 g/mol. The van der Waals surface area contributed by atoms with Gasteiger partial charge in [0.15, 0.2) is 6.61 Å². The number of benzene rings is 3. The fourth-order valence-electron chi connectivity index (χ4n) is 2.37. The van der Waals surface area contributed by atoms with Gasteiger partial charge in [0, 0.05) is 4.47 Å². The summed E-state index contributed by atoms with van der Waals surface area (Å²) in [4.78, 5) is 23.9. The molecule has 3 rings (SSSR count). The van der Waals surface area contributed by atoms with E-state index in [0.29, 0.717) is 21.5 Å². The first-order chi connectivity index (χ1) is 14.0. The summed E-state index contributed by atoms with van der Waals surface area (Å²) < 4.78 is 11.8. The molecule has 0 fully saturated rings. The fraction of sp³-hybridized carbons (Fsp3) is 0.0909. The summed E-state index contributed by atoms with van der Waals surface area (Å²) in [5.41, 5.74) is 6.24. The van der Waals surface area contributed by atoms with E-state index in [9.17, 15) is 9.59 Å². The van der Waals surface area contributed by atoms with Crippen molar-refractivity contribution in [2.75, 3.05) is 6.61 Å². The van der Waals surface area contributed by atoms with E-state index in [-0.39, 0.29) is 6.61 Å². The van der Waals surface area contributed by atoms with Crippen molar-refractivity contribution in [3.8, 4) is 17.2 Å². The Hall–Kier alpha value is -3.32. The molecule has 3 aromatic rings. The van der Waals surface area contributed by atoms with Crippen LogP contribution in [-0.4, -0.2) is 18.4 Å². The molecule has 0 saturated carbocycles. The second-order valence-corrected chi connectivity index (χ2v) is 7.01. The van der Waals surface area contributed by atoms with Gasteiger partial charge < -0.3 is 9.47 Å². The third-order valence-corrected chi connectivity index (χ3v) is 4.58. The van der Waals surface area contributed by atoms with Crippen LogP contribution in [0, 0.1) is 6.92 Å². The zero-order valence-corrected chi connectivity index (χ0v) is 17.2. The summed E-state index contributed by atoms with van der Waals surface area (Å²) in [7, 11) is 0. The molecule has 6 nitrogen and oxygen atoms in total. The highest BCUT2D eigenvalue weighted by Gasteiger charge is 2.10. The third kappa shape index (κ3) is 6.08. The Morgan fingerprint density at radius 2 is 1.41 bits per heavy atom. The molecule has 29 heavy (non-hydrogen) atoms. The van der Waals surface area contributed by atoms with E-state index in [4.69, 9.17) is 9.47 Å². The van der Waals surface area contributed by atoms with E-state index < -0.39 is 11.8 Å². The molecule has 2 amide bonds. The van der Waals surface area contributed by atoms with Crippen LogP contribution in [0.5, 0.6) is 17.2 Å². The van der Waals surface area contributed by atoms with E-state index in [1.165, 1.54) is 0 Å². The van der Waals surface area contributed by atoms with Gasteiger partial charge >= 0.3 is 0 Å². The first-order valence-corrected chi connectivity index (χ1v) is 9.61. The summed E-state index contributed by atoms with van der Waals surface area (Å²) in [6.45, 7) is 1.77. The fourth-order valence-corrected chi connectivity index (χ4v) is 2.84. The summed E-state index contributed by atoms with van der Waals surface area (Å²) in [5.74, 6) is 0.998. The highest BCUT2D eigenvalue weighted by Crippen LogP contribution is 2.24. The first kappa shape index (κ1) is 20.4. The average Bonchev–Trinajstić information content (AvgIpc) is 2.73. The number of nitrogens with one attached hydrogen (secondary N) is 2. The van der Waals surface area contributed by atoms with Crippen LogP contribution in [-0.2, 0) is 4.79 Å². The van der Waals surface area contributed by atoms with Gasteiger partial charge in [0.2, 0.25) is 0 Å². The van der Waals surface area contributed by atoms with Crippen LogP contribution in [0.25, 0.3) is 0 Å². The Morgan fingerprint density at radius 3 is 2.07 bits per heavy atom. The Morgan fingerprint density at radius 1 is 0.828 bits per heavy atom. The topological polar surface area (TPSA) is 76.7 Å². The van der Waals surface area contributed by atoms with Crippen LogP contribution in [0.2, 0.25) is 0 Å². The van der Waals surface area contributed by atoms with Gasteiger partial charge in [0.05, 0.1) is 5.56 Å². The van der Waals surface area contributed by atoms with Gasteiger partial charge in [0.1, 0.15) is 17.2 Å². The van der Waals surface area contributed by atoms with Gasteiger partial charge in [-0.15, -0.1) is 0 Å². The maximum Gasteiger partial charge on any atom is 0.276 e. The highest BCUT2D eigenvalue weighted by molar-refractivity contribution is 9.10. The van der Waals surface area contributed by atoms with Crippen LogP contribution in [0.15, 0.2) is 77.3 Å². The normalized spacial score (nSPS) is 10.1. The second-order valence-electron chi connectivity index (χ2n) is 6.16. The molecule has 0 aliphatic carbocycles.